The second-order valence-corrected chi connectivity index (χ2v) is 8.54. The van der Waals surface area contributed by atoms with E-state index in [1.165, 1.54) is 11.4 Å². The molecule has 0 spiro atoms. The predicted molar refractivity (Wildman–Crippen MR) is 102 cm³/mol. The van der Waals surface area contributed by atoms with Crippen LogP contribution in [0.5, 0.6) is 0 Å². The molecule has 1 heterocycles. The molecule has 7 heteroatoms. The van der Waals surface area contributed by atoms with Crippen LogP contribution in [-0.2, 0) is 19.5 Å². The lowest BCUT2D eigenvalue weighted by molar-refractivity contribution is 0.0161. The van der Waals surface area contributed by atoms with Gasteiger partial charge in [0.2, 0.25) is 0 Å². The van der Waals surface area contributed by atoms with Crippen molar-refractivity contribution >= 4 is 21.7 Å². The highest BCUT2D eigenvalue weighted by molar-refractivity contribution is 7.92. The van der Waals surface area contributed by atoms with Crippen LogP contribution in [0.2, 0.25) is 0 Å². The van der Waals surface area contributed by atoms with Gasteiger partial charge in [-0.2, -0.15) is 0 Å². The Hall–Kier alpha value is -2.38. The number of nitrogens with zero attached hydrogens (tertiary/aromatic N) is 1. The van der Waals surface area contributed by atoms with Gasteiger partial charge in [-0.3, -0.25) is 4.31 Å². The number of benzene rings is 2. The summed E-state index contributed by atoms with van der Waals surface area (Å²) in [4.78, 5) is 12.3. The Morgan fingerprint density at radius 1 is 1.15 bits per heavy atom. The Morgan fingerprint density at radius 2 is 1.81 bits per heavy atom. The summed E-state index contributed by atoms with van der Waals surface area (Å²) in [5.74, 6) is -0.443. The Balaban J connectivity index is 1.68. The minimum absolute atomic E-state index is 0.0287. The van der Waals surface area contributed by atoms with E-state index in [1.807, 2.05) is 6.92 Å². The van der Waals surface area contributed by atoms with Crippen LogP contribution in [0.25, 0.3) is 0 Å². The van der Waals surface area contributed by atoms with E-state index in [-0.39, 0.29) is 17.6 Å². The molecule has 0 bridgehead atoms. The monoisotopic (exact) mass is 389 g/mol. The fraction of sp³-hybridized carbons (Fsp3) is 0.350. The van der Waals surface area contributed by atoms with Crippen LogP contribution < -0.4 is 4.31 Å². The van der Waals surface area contributed by atoms with Crippen molar-refractivity contribution in [1.29, 1.82) is 0 Å². The van der Waals surface area contributed by atoms with Crippen molar-refractivity contribution in [3.05, 3.63) is 59.7 Å². The third kappa shape index (κ3) is 4.48. The summed E-state index contributed by atoms with van der Waals surface area (Å²) >= 11 is 0. The van der Waals surface area contributed by atoms with Crippen molar-refractivity contribution in [3.63, 3.8) is 0 Å². The Kier molecular flexibility index (Phi) is 5.82. The number of hydrogen-bond acceptors (Lipinski definition) is 5. The molecule has 1 saturated heterocycles. The molecular formula is C20H23NO5S. The zero-order chi connectivity index (χ0) is 19.4. The summed E-state index contributed by atoms with van der Waals surface area (Å²) in [6.07, 6.45) is 1.85. The highest BCUT2D eigenvalue weighted by Gasteiger charge is 2.22. The molecule has 1 fully saturated rings. The van der Waals surface area contributed by atoms with Gasteiger partial charge in [0, 0.05) is 13.7 Å². The minimum atomic E-state index is -3.66. The van der Waals surface area contributed by atoms with Gasteiger partial charge < -0.3 is 9.47 Å². The zero-order valence-electron chi connectivity index (χ0n) is 15.4. The fourth-order valence-corrected chi connectivity index (χ4v) is 4.04. The summed E-state index contributed by atoms with van der Waals surface area (Å²) in [5.41, 5.74) is 1.83. The second-order valence-electron chi connectivity index (χ2n) is 6.57. The molecule has 0 amide bonds. The van der Waals surface area contributed by atoms with E-state index in [0.717, 1.165) is 18.4 Å². The molecule has 0 aromatic heterocycles. The lowest BCUT2D eigenvalue weighted by Gasteiger charge is -2.20. The lowest BCUT2D eigenvalue weighted by atomic mass is 10.2. The molecule has 0 unspecified atom stereocenters. The van der Waals surface area contributed by atoms with E-state index in [0.29, 0.717) is 17.9 Å². The topological polar surface area (TPSA) is 72.9 Å². The van der Waals surface area contributed by atoms with Gasteiger partial charge in [-0.25, -0.2) is 13.2 Å². The first kappa shape index (κ1) is 19.4. The molecule has 0 saturated carbocycles. The molecule has 0 N–H and O–H groups in total. The molecule has 6 nitrogen and oxygen atoms in total. The first-order chi connectivity index (χ1) is 12.9. The summed E-state index contributed by atoms with van der Waals surface area (Å²) in [6.45, 7) is 2.84. The molecule has 3 rings (SSSR count). The van der Waals surface area contributed by atoms with Gasteiger partial charge in [-0.05, 0) is 56.2 Å². The van der Waals surface area contributed by atoms with E-state index in [2.05, 4.69) is 0 Å². The number of sulfonamides is 1. The van der Waals surface area contributed by atoms with Gasteiger partial charge in [-0.1, -0.05) is 17.7 Å². The van der Waals surface area contributed by atoms with Crippen molar-refractivity contribution in [2.75, 3.05) is 24.6 Å². The number of anilines is 1. The molecule has 0 aliphatic carbocycles. The number of rotatable bonds is 6. The van der Waals surface area contributed by atoms with Crippen molar-refractivity contribution in [1.82, 2.24) is 0 Å². The largest absolute Gasteiger partial charge is 0.459 e. The average molecular weight is 389 g/mol. The van der Waals surface area contributed by atoms with Gasteiger partial charge in [0.05, 0.1) is 22.3 Å². The van der Waals surface area contributed by atoms with Crippen LogP contribution >= 0.6 is 0 Å². The summed E-state index contributed by atoms with van der Waals surface area (Å²) < 4.78 is 37.3. The number of hydrogen-bond donors (Lipinski definition) is 0. The van der Waals surface area contributed by atoms with Crippen LogP contribution in [0.3, 0.4) is 0 Å². The molecule has 2 aromatic carbocycles. The van der Waals surface area contributed by atoms with E-state index >= 15 is 0 Å². The third-order valence-corrected chi connectivity index (χ3v) is 6.37. The van der Waals surface area contributed by atoms with Gasteiger partial charge in [0.25, 0.3) is 10.0 Å². The predicted octanol–water partition coefficient (Wildman–Crippen LogP) is 3.16. The Labute approximate surface area is 159 Å². The van der Waals surface area contributed by atoms with E-state index in [4.69, 9.17) is 9.47 Å². The quantitative estimate of drug-likeness (QED) is 0.710. The number of carbonyl (C=O) groups is 1. The van der Waals surface area contributed by atoms with Crippen LogP contribution in [0.4, 0.5) is 5.69 Å². The van der Waals surface area contributed by atoms with Gasteiger partial charge in [-0.15, -0.1) is 0 Å². The van der Waals surface area contributed by atoms with Gasteiger partial charge in [0.1, 0.15) is 6.61 Å². The number of carbonyl (C=O) groups excluding carboxylic acids is 1. The number of aryl methyl sites for hydroxylation is 1. The van der Waals surface area contributed by atoms with E-state index in [1.54, 1.807) is 48.5 Å². The fourth-order valence-electron chi connectivity index (χ4n) is 2.84. The Morgan fingerprint density at radius 3 is 2.41 bits per heavy atom. The van der Waals surface area contributed by atoms with E-state index < -0.39 is 16.0 Å². The van der Waals surface area contributed by atoms with Crippen molar-refractivity contribution < 1.29 is 22.7 Å². The standard InChI is InChI=1S/C20H23NO5S/c1-15-5-11-19(12-6-15)27(23,24)21(2)17-9-7-16(8-10-17)20(22)26-14-18-4-3-13-25-18/h5-12,18H,3-4,13-14H2,1-2H3/t18-/m0/s1. The molecule has 0 radical (unpaired) electrons. The smallest absolute Gasteiger partial charge is 0.338 e. The van der Waals surface area contributed by atoms with Crippen molar-refractivity contribution in [3.8, 4) is 0 Å². The Bertz CT molecular complexity index is 885. The normalized spacial score (nSPS) is 16.9. The number of esters is 1. The second kappa shape index (κ2) is 8.10. The van der Waals surface area contributed by atoms with Crippen LogP contribution in [-0.4, -0.2) is 40.8 Å². The lowest BCUT2D eigenvalue weighted by Crippen LogP contribution is -2.26. The third-order valence-electron chi connectivity index (χ3n) is 4.57. The van der Waals surface area contributed by atoms with E-state index in [9.17, 15) is 13.2 Å². The summed E-state index contributed by atoms with van der Waals surface area (Å²) in [6, 6.07) is 13.0. The molecule has 27 heavy (non-hydrogen) atoms. The SMILES string of the molecule is Cc1ccc(S(=O)(=O)N(C)c2ccc(C(=O)OC[C@@H]3CCCO3)cc2)cc1. The maximum absolute atomic E-state index is 12.7. The maximum atomic E-state index is 12.7. The molecule has 2 aromatic rings. The van der Waals surface area contributed by atoms with Crippen LogP contribution in [0, 0.1) is 6.92 Å². The number of ether oxygens (including phenoxy) is 2. The molecule has 144 valence electrons. The van der Waals surface area contributed by atoms with Gasteiger partial charge >= 0.3 is 5.97 Å². The van der Waals surface area contributed by atoms with Crippen LogP contribution in [0.1, 0.15) is 28.8 Å². The average Bonchev–Trinajstić information content (AvgIpc) is 3.19. The zero-order valence-corrected chi connectivity index (χ0v) is 16.2. The highest BCUT2D eigenvalue weighted by atomic mass is 32.2. The minimum Gasteiger partial charge on any atom is -0.459 e. The molecule has 1 aliphatic rings. The van der Waals surface area contributed by atoms with Gasteiger partial charge in [0.15, 0.2) is 0 Å². The summed E-state index contributed by atoms with van der Waals surface area (Å²) in [7, 11) is -2.18. The van der Waals surface area contributed by atoms with Crippen LogP contribution in [0.15, 0.2) is 53.4 Å². The first-order valence-electron chi connectivity index (χ1n) is 8.82. The molecule has 1 aliphatic heterocycles. The summed E-state index contributed by atoms with van der Waals surface area (Å²) in [5, 5.41) is 0. The maximum Gasteiger partial charge on any atom is 0.338 e. The molecule has 1 atom stereocenters. The first-order valence-corrected chi connectivity index (χ1v) is 10.3. The molecular weight excluding hydrogens is 366 g/mol. The van der Waals surface area contributed by atoms with Crippen molar-refractivity contribution in [2.45, 2.75) is 30.8 Å². The highest BCUT2D eigenvalue weighted by Crippen LogP contribution is 2.23. The van der Waals surface area contributed by atoms with Crippen molar-refractivity contribution in [2.24, 2.45) is 0 Å².